The van der Waals surface area contributed by atoms with Gasteiger partial charge < -0.3 is 9.13 Å². The van der Waals surface area contributed by atoms with E-state index in [4.69, 9.17) is 10.5 Å². The van der Waals surface area contributed by atoms with Crippen molar-refractivity contribution in [1.29, 1.82) is 10.5 Å². The first kappa shape index (κ1) is 25.4. The predicted molar refractivity (Wildman–Crippen MR) is 139 cm³/mol. The molecule has 0 amide bonds. The predicted octanol–water partition coefficient (Wildman–Crippen LogP) is 6.07. The zero-order chi connectivity index (χ0) is 21.1. The van der Waals surface area contributed by atoms with E-state index >= 15 is 0 Å². The zero-order valence-corrected chi connectivity index (χ0v) is 21.1. The Kier molecular flexibility index (Phi) is 11.5. The van der Waals surface area contributed by atoms with Crippen LogP contribution in [0, 0.1) is 29.6 Å². The second kappa shape index (κ2) is 13.6. The molecule has 4 rings (SSSR count). The van der Waals surface area contributed by atoms with Crippen molar-refractivity contribution < 1.29 is 0 Å². The average Bonchev–Trinajstić information content (AvgIpc) is 3.48. The van der Waals surface area contributed by atoms with Crippen molar-refractivity contribution in [3.63, 3.8) is 0 Å². The molecule has 0 bridgehead atoms. The quantitative estimate of drug-likeness (QED) is 0.202. The number of hydrogen-bond donors (Lipinski definition) is 0. The van der Waals surface area contributed by atoms with Crippen LogP contribution in [0.2, 0.25) is 0 Å². The normalized spacial score (nSPS) is 8.83. The molecule has 152 valence electrons. The Morgan fingerprint density at radius 3 is 1.63 bits per heavy atom. The first-order valence-corrected chi connectivity index (χ1v) is 10.9. The number of halogens is 2. The van der Waals surface area contributed by atoms with Crippen molar-refractivity contribution in [2.45, 2.75) is 6.92 Å². The number of rotatable bonds is 2. The van der Waals surface area contributed by atoms with Gasteiger partial charge in [0.15, 0.2) is 0 Å². The number of alkyl halides is 1. The lowest BCUT2D eigenvalue weighted by molar-refractivity contribution is 1.06. The van der Waals surface area contributed by atoms with E-state index < -0.39 is 0 Å². The van der Waals surface area contributed by atoms with Crippen molar-refractivity contribution in [2.24, 2.45) is 0 Å². The molecule has 0 aliphatic rings. The Balaban J connectivity index is 0.000000270. The highest BCUT2D eigenvalue weighted by atomic mass is 127. The minimum atomic E-state index is 0. The average molecular weight is 621 g/mol. The van der Waals surface area contributed by atoms with Crippen molar-refractivity contribution >= 4 is 46.6 Å². The summed E-state index contributed by atoms with van der Waals surface area (Å²) in [4.78, 5) is 5.91. The third-order valence-corrected chi connectivity index (χ3v) is 3.93. The maximum absolute atomic E-state index is 8.65. The molecule has 4 aromatic rings. The van der Waals surface area contributed by atoms with Crippen LogP contribution in [0.5, 0.6) is 0 Å². The largest absolute Gasteiger partial charge is 0.324 e. The highest BCUT2D eigenvalue weighted by molar-refractivity contribution is 14.1. The molecule has 5 nitrogen and oxygen atoms in total. The Morgan fingerprint density at radius 1 is 0.767 bits per heavy atom. The molecule has 0 aliphatic heterocycles. The summed E-state index contributed by atoms with van der Waals surface area (Å²) in [5.41, 5.74) is 4.68. The van der Waals surface area contributed by atoms with Gasteiger partial charge >= 0.3 is 0 Å². The molecule has 2 aromatic heterocycles. The summed E-state index contributed by atoms with van der Waals surface area (Å²) in [5, 5.41) is 17.2. The maximum atomic E-state index is 8.65. The van der Waals surface area contributed by atoms with Gasteiger partial charge in [0.05, 0.1) is 29.6 Å². The number of hydrogen-bond acceptors (Lipinski definition) is 3. The summed E-state index contributed by atoms with van der Waals surface area (Å²) in [6.07, 6.45) is 9.37. The SMILES string of the molecule is CI.Cc1ccn(-c2ccc(C#N)cc2)c1.I.N#Cc1ccc(-n2ccnc2)cc1. The van der Waals surface area contributed by atoms with E-state index in [2.05, 4.69) is 58.9 Å². The number of aryl methyl sites for hydroxylation is 1. The number of aromatic nitrogens is 3. The number of nitrogens with zero attached hydrogens (tertiary/aromatic N) is 5. The topological polar surface area (TPSA) is 70.3 Å². The molecule has 0 unspecified atom stereocenters. The Bertz CT molecular complexity index is 1080. The lowest BCUT2D eigenvalue weighted by Crippen LogP contribution is -1.88. The summed E-state index contributed by atoms with van der Waals surface area (Å²) < 4.78 is 3.93. The molecule has 2 aromatic carbocycles. The second-order valence-corrected chi connectivity index (χ2v) is 5.88. The van der Waals surface area contributed by atoms with Crippen LogP contribution in [-0.2, 0) is 0 Å². The fraction of sp³-hybridized carbons (Fsp3) is 0.0870. The number of nitriles is 2. The highest BCUT2D eigenvalue weighted by Crippen LogP contribution is 2.11. The third-order valence-electron chi connectivity index (χ3n) is 3.93. The molecule has 0 atom stereocenters. The van der Waals surface area contributed by atoms with Gasteiger partial charge in [0.2, 0.25) is 0 Å². The third kappa shape index (κ3) is 7.32. The molecule has 0 aliphatic carbocycles. The van der Waals surface area contributed by atoms with Gasteiger partial charge in [0, 0.05) is 36.2 Å². The van der Waals surface area contributed by atoms with Crippen LogP contribution in [-0.4, -0.2) is 19.0 Å². The van der Waals surface area contributed by atoms with E-state index in [0.717, 1.165) is 11.4 Å². The lowest BCUT2D eigenvalue weighted by Gasteiger charge is -2.01. The van der Waals surface area contributed by atoms with Gasteiger partial charge in [-0.1, -0.05) is 22.6 Å². The first-order valence-electron chi connectivity index (χ1n) is 8.71. The van der Waals surface area contributed by atoms with Crippen molar-refractivity contribution in [1.82, 2.24) is 14.1 Å². The van der Waals surface area contributed by atoms with Crippen LogP contribution in [0.4, 0.5) is 0 Å². The monoisotopic (exact) mass is 621 g/mol. The van der Waals surface area contributed by atoms with Gasteiger partial charge in [-0.05, 0) is 72.0 Å². The smallest absolute Gasteiger partial charge is 0.0991 e. The molecule has 0 spiro atoms. The molecule has 0 radical (unpaired) electrons. The minimum Gasteiger partial charge on any atom is -0.324 e. The summed E-state index contributed by atoms with van der Waals surface area (Å²) in [6.45, 7) is 2.06. The van der Waals surface area contributed by atoms with Crippen molar-refractivity contribution in [3.05, 3.63) is 102 Å². The van der Waals surface area contributed by atoms with Gasteiger partial charge in [-0.15, -0.1) is 24.0 Å². The van der Waals surface area contributed by atoms with Gasteiger partial charge in [-0.25, -0.2) is 4.98 Å². The van der Waals surface area contributed by atoms with E-state index in [1.807, 2.05) is 62.9 Å². The van der Waals surface area contributed by atoms with Gasteiger partial charge in [0.1, 0.15) is 0 Å². The van der Waals surface area contributed by atoms with Crippen LogP contribution >= 0.6 is 46.6 Å². The van der Waals surface area contributed by atoms with Crippen LogP contribution in [0.3, 0.4) is 0 Å². The lowest BCUT2D eigenvalue weighted by atomic mass is 10.2. The Morgan fingerprint density at radius 2 is 1.27 bits per heavy atom. The molecule has 30 heavy (non-hydrogen) atoms. The van der Waals surface area contributed by atoms with E-state index in [1.54, 1.807) is 24.7 Å². The van der Waals surface area contributed by atoms with Gasteiger partial charge in [-0.2, -0.15) is 10.5 Å². The van der Waals surface area contributed by atoms with Gasteiger partial charge in [0.25, 0.3) is 0 Å². The molecule has 0 saturated carbocycles. The standard InChI is InChI=1S/C12H10N2.C10H7N3.CH3I.HI/c1-10-6-7-14(9-10)12-4-2-11(8-13)3-5-12;11-7-9-1-3-10(4-2-9)13-6-5-12-8-13;1-2;/h2-7,9H,1H3;1-6,8H;1H3;1H. The van der Waals surface area contributed by atoms with Gasteiger partial charge in [-0.3, -0.25) is 0 Å². The molecule has 2 heterocycles. The van der Waals surface area contributed by atoms with Crippen molar-refractivity contribution in [2.75, 3.05) is 4.93 Å². The fourth-order valence-corrected chi connectivity index (χ4v) is 2.49. The van der Waals surface area contributed by atoms with E-state index in [9.17, 15) is 0 Å². The summed E-state index contributed by atoms with van der Waals surface area (Å²) in [6, 6.07) is 21.1. The first-order chi connectivity index (χ1) is 14.2. The summed E-state index contributed by atoms with van der Waals surface area (Å²) in [5.74, 6) is 0. The maximum Gasteiger partial charge on any atom is 0.0991 e. The summed E-state index contributed by atoms with van der Waals surface area (Å²) >= 11 is 2.15. The molecular weight excluding hydrogens is 600 g/mol. The van der Waals surface area contributed by atoms with E-state index in [-0.39, 0.29) is 24.0 Å². The molecule has 7 heteroatoms. The molecular formula is C23H21I2N5. The van der Waals surface area contributed by atoms with Crippen LogP contribution < -0.4 is 0 Å². The van der Waals surface area contributed by atoms with E-state index in [1.165, 1.54) is 5.56 Å². The zero-order valence-electron chi connectivity index (χ0n) is 16.6. The van der Waals surface area contributed by atoms with Crippen molar-refractivity contribution in [3.8, 4) is 23.5 Å². The highest BCUT2D eigenvalue weighted by Gasteiger charge is 1.96. The van der Waals surface area contributed by atoms with Crippen LogP contribution in [0.1, 0.15) is 16.7 Å². The molecule has 0 N–H and O–H groups in total. The van der Waals surface area contributed by atoms with Crippen LogP contribution in [0.25, 0.3) is 11.4 Å². The summed E-state index contributed by atoms with van der Waals surface area (Å²) in [7, 11) is 0. The number of imidazole rings is 1. The fourth-order valence-electron chi connectivity index (χ4n) is 2.49. The Labute approximate surface area is 207 Å². The second-order valence-electron chi connectivity index (χ2n) is 5.88. The van der Waals surface area contributed by atoms with Crippen LogP contribution in [0.15, 0.2) is 85.7 Å². The van der Waals surface area contributed by atoms with E-state index in [0.29, 0.717) is 11.1 Å². The minimum absolute atomic E-state index is 0. The molecule has 0 fully saturated rings. The Hall–Kier alpha value is -2.63. The number of benzene rings is 2. The molecule has 0 saturated heterocycles.